The molecule has 192 valence electrons. The number of piperidine rings is 1. The van der Waals surface area contributed by atoms with E-state index in [0.717, 1.165) is 11.4 Å². The lowest BCUT2D eigenvalue weighted by Crippen LogP contribution is -2.49. The summed E-state index contributed by atoms with van der Waals surface area (Å²) in [7, 11) is 0. The van der Waals surface area contributed by atoms with Crippen molar-refractivity contribution in [3.8, 4) is 11.4 Å². The number of aliphatic hydroxyl groups is 1. The van der Waals surface area contributed by atoms with Gasteiger partial charge in [0.05, 0.1) is 29.7 Å². The molecule has 2 aromatic carbocycles. The molecule has 1 aliphatic heterocycles. The van der Waals surface area contributed by atoms with Crippen molar-refractivity contribution in [2.75, 3.05) is 13.1 Å². The van der Waals surface area contributed by atoms with Crippen LogP contribution in [0.5, 0.6) is 0 Å². The molecular formula is C25H22ClN9O3. The quantitative estimate of drug-likeness (QED) is 0.363. The van der Waals surface area contributed by atoms with Crippen molar-refractivity contribution >= 4 is 28.5 Å². The van der Waals surface area contributed by atoms with E-state index in [2.05, 4.69) is 25.6 Å². The molecule has 0 aliphatic carbocycles. The second kappa shape index (κ2) is 9.47. The maximum Gasteiger partial charge on any atom is 0.264 e. The summed E-state index contributed by atoms with van der Waals surface area (Å²) in [4.78, 5) is 32.3. The van der Waals surface area contributed by atoms with E-state index in [1.807, 2.05) is 0 Å². The number of halogens is 1. The molecule has 0 unspecified atom stereocenters. The summed E-state index contributed by atoms with van der Waals surface area (Å²) in [6, 6.07) is 14.1. The molecule has 4 heterocycles. The molecule has 0 atom stereocenters. The normalized spacial score (nSPS) is 15.2. The van der Waals surface area contributed by atoms with E-state index in [0.29, 0.717) is 47.6 Å². The minimum Gasteiger partial charge on any atom is -0.388 e. The zero-order chi connectivity index (χ0) is 26.3. The highest BCUT2D eigenvalue weighted by atomic mass is 35.5. The summed E-state index contributed by atoms with van der Waals surface area (Å²) in [5, 5.41) is 27.6. The van der Waals surface area contributed by atoms with Crippen molar-refractivity contribution in [2.45, 2.75) is 25.0 Å². The van der Waals surface area contributed by atoms with Crippen LogP contribution in [-0.2, 0) is 6.54 Å². The highest BCUT2D eigenvalue weighted by Crippen LogP contribution is 2.25. The number of benzene rings is 2. The van der Waals surface area contributed by atoms with Gasteiger partial charge in [0.25, 0.3) is 11.5 Å². The average molecular weight is 532 g/mol. The Balaban J connectivity index is 1.14. The second-order valence-electron chi connectivity index (χ2n) is 9.27. The van der Waals surface area contributed by atoms with Crippen LogP contribution in [0.2, 0.25) is 5.02 Å². The number of aromatic nitrogens is 8. The highest BCUT2D eigenvalue weighted by Gasteiger charge is 2.35. The van der Waals surface area contributed by atoms with Gasteiger partial charge in [-0.2, -0.15) is 5.10 Å². The summed E-state index contributed by atoms with van der Waals surface area (Å²) < 4.78 is 4.49. The lowest BCUT2D eigenvalue weighted by atomic mass is 9.91. The molecule has 1 N–H and O–H groups in total. The molecule has 1 amide bonds. The van der Waals surface area contributed by atoms with Gasteiger partial charge >= 0.3 is 0 Å². The van der Waals surface area contributed by atoms with Gasteiger partial charge in [-0.25, -0.2) is 14.3 Å². The monoisotopic (exact) mass is 531 g/mol. The number of fused-ring (bicyclic) bond motifs is 1. The van der Waals surface area contributed by atoms with Crippen molar-refractivity contribution < 1.29 is 9.90 Å². The number of likely N-dealkylation sites (tertiary alicyclic amines) is 1. The maximum absolute atomic E-state index is 13.2. The largest absolute Gasteiger partial charge is 0.388 e. The van der Waals surface area contributed by atoms with Crippen LogP contribution in [0, 0.1) is 0 Å². The third kappa shape index (κ3) is 4.44. The molecule has 38 heavy (non-hydrogen) atoms. The molecule has 1 aliphatic rings. The molecule has 0 spiro atoms. The predicted octanol–water partition coefficient (Wildman–Crippen LogP) is 1.88. The molecule has 1 fully saturated rings. The maximum atomic E-state index is 13.2. The zero-order valence-corrected chi connectivity index (χ0v) is 20.8. The molecule has 12 nitrogen and oxygen atoms in total. The average Bonchev–Trinajstić information content (AvgIpc) is 3.62. The molecule has 0 radical (unpaired) electrons. The fraction of sp³-hybridized carbons (Fsp3) is 0.240. The Morgan fingerprint density at radius 2 is 1.71 bits per heavy atom. The van der Waals surface area contributed by atoms with Gasteiger partial charge in [0, 0.05) is 23.7 Å². The zero-order valence-electron chi connectivity index (χ0n) is 20.1. The van der Waals surface area contributed by atoms with E-state index >= 15 is 0 Å². The number of carbonyl (C=O) groups excluding carboxylic acids is 1. The van der Waals surface area contributed by atoms with Crippen molar-refractivity contribution in [2.24, 2.45) is 0 Å². The van der Waals surface area contributed by atoms with E-state index in [-0.39, 0.29) is 18.0 Å². The van der Waals surface area contributed by atoms with Gasteiger partial charge in [-0.05, 0) is 71.8 Å². The first-order valence-corrected chi connectivity index (χ1v) is 12.3. The number of amides is 1. The summed E-state index contributed by atoms with van der Waals surface area (Å²) in [5.41, 5.74) is 1.00. The van der Waals surface area contributed by atoms with Crippen LogP contribution < -0.4 is 5.56 Å². The number of hydrogen-bond donors (Lipinski definition) is 1. The summed E-state index contributed by atoms with van der Waals surface area (Å²) >= 11 is 5.97. The first-order chi connectivity index (χ1) is 18.4. The van der Waals surface area contributed by atoms with Gasteiger partial charge in [0.2, 0.25) is 0 Å². The number of hydrogen-bond acceptors (Lipinski definition) is 8. The highest BCUT2D eigenvalue weighted by molar-refractivity contribution is 6.30. The number of rotatable bonds is 5. The topological polar surface area (TPSA) is 137 Å². The van der Waals surface area contributed by atoms with E-state index < -0.39 is 5.60 Å². The molecule has 1 saturated heterocycles. The van der Waals surface area contributed by atoms with Gasteiger partial charge < -0.3 is 10.0 Å². The fourth-order valence-electron chi connectivity index (χ4n) is 4.65. The van der Waals surface area contributed by atoms with Crippen LogP contribution in [0.1, 0.15) is 23.2 Å². The Kier molecular flexibility index (Phi) is 5.97. The lowest BCUT2D eigenvalue weighted by Gasteiger charge is -2.38. The van der Waals surface area contributed by atoms with Crippen molar-refractivity contribution in [3.63, 3.8) is 0 Å². The Labute approximate surface area is 220 Å². The standard InChI is InChI=1S/C25H22ClN9O3/c26-18-3-7-20(8-4-18)35-22-21(13-29-35)24(37)33(15-27-22)14-25(38)9-11-32(12-10-25)23(36)17-1-5-19(6-2-17)34-16-28-30-31-34/h1-8,13,15-16,38H,9-12,14H2. The second-order valence-corrected chi connectivity index (χ2v) is 9.70. The van der Waals surface area contributed by atoms with Crippen LogP contribution in [0.15, 0.2) is 72.2 Å². The Hall–Kier alpha value is -4.42. The van der Waals surface area contributed by atoms with Crippen molar-refractivity contribution in [1.29, 1.82) is 0 Å². The van der Waals surface area contributed by atoms with Crippen LogP contribution in [0.4, 0.5) is 0 Å². The van der Waals surface area contributed by atoms with Crippen LogP contribution in [-0.4, -0.2) is 74.1 Å². The van der Waals surface area contributed by atoms with Gasteiger partial charge in [-0.1, -0.05) is 11.6 Å². The van der Waals surface area contributed by atoms with Crippen LogP contribution >= 0.6 is 11.6 Å². The molecule has 13 heteroatoms. The van der Waals surface area contributed by atoms with Crippen LogP contribution in [0.25, 0.3) is 22.4 Å². The van der Waals surface area contributed by atoms with E-state index in [9.17, 15) is 14.7 Å². The number of tetrazole rings is 1. The van der Waals surface area contributed by atoms with Gasteiger partial charge in [-0.3, -0.25) is 14.2 Å². The SMILES string of the molecule is O=C(c1ccc(-n2cnnn2)cc1)N1CCC(O)(Cn2cnc3c(cnn3-c3ccc(Cl)cc3)c2=O)CC1. The molecule has 0 bridgehead atoms. The van der Waals surface area contributed by atoms with E-state index in [1.54, 1.807) is 58.1 Å². The van der Waals surface area contributed by atoms with Gasteiger partial charge in [0.1, 0.15) is 18.0 Å². The Bertz CT molecular complexity index is 1650. The Morgan fingerprint density at radius 1 is 1.00 bits per heavy atom. The smallest absolute Gasteiger partial charge is 0.264 e. The number of carbonyl (C=O) groups is 1. The summed E-state index contributed by atoms with van der Waals surface area (Å²) in [5.74, 6) is -0.120. The Morgan fingerprint density at radius 3 is 2.39 bits per heavy atom. The molecule has 0 saturated carbocycles. The molecule has 6 rings (SSSR count). The molecular weight excluding hydrogens is 510 g/mol. The lowest BCUT2D eigenvalue weighted by molar-refractivity contribution is -0.0299. The van der Waals surface area contributed by atoms with Crippen LogP contribution in [0.3, 0.4) is 0 Å². The number of nitrogens with zero attached hydrogens (tertiary/aromatic N) is 9. The minimum atomic E-state index is -1.15. The fourth-order valence-corrected chi connectivity index (χ4v) is 4.78. The predicted molar refractivity (Wildman–Crippen MR) is 137 cm³/mol. The third-order valence-corrected chi connectivity index (χ3v) is 7.05. The van der Waals surface area contributed by atoms with Crippen molar-refractivity contribution in [1.82, 2.24) is 44.4 Å². The first-order valence-electron chi connectivity index (χ1n) is 11.9. The molecule has 3 aromatic heterocycles. The minimum absolute atomic E-state index is 0.0730. The van der Waals surface area contributed by atoms with E-state index in [4.69, 9.17) is 11.6 Å². The summed E-state index contributed by atoms with van der Waals surface area (Å²) in [6.07, 6.45) is 5.05. The van der Waals surface area contributed by atoms with Crippen molar-refractivity contribution in [3.05, 3.63) is 88.3 Å². The third-order valence-electron chi connectivity index (χ3n) is 6.80. The summed E-state index contributed by atoms with van der Waals surface area (Å²) in [6.45, 7) is 0.801. The first kappa shape index (κ1) is 23.9. The van der Waals surface area contributed by atoms with Gasteiger partial charge in [0.15, 0.2) is 5.65 Å². The van der Waals surface area contributed by atoms with Gasteiger partial charge in [-0.15, -0.1) is 5.10 Å². The molecule has 5 aromatic rings. The van der Waals surface area contributed by atoms with E-state index in [1.165, 1.54) is 28.1 Å².